The first-order valence-electron chi connectivity index (χ1n) is 8.34. The summed E-state index contributed by atoms with van der Waals surface area (Å²) in [5, 5.41) is 7.13. The van der Waals surface area contributed by atoms with Gasteiger partial charge in [-0.1, -0.05) is 57.2 Å². The van der Waals surface area contributed by atoms with E-state index >= 15 is 0 Å². The molecular weight excluding hydrogens is 284 g/mol. The summed E-state index contributed by atoms with van der Waals surface area (Å²) in [5.74, 6) is 0.945. The van der Waals surface area contributed by atoms with Gasteiger partial charge in [-0.05, 0) is 29.5 Å². The van der Waals surface area contributed by atoms with Crippen molar-refractivity contribution >= 4 is 11.4 Å². The predicted molar refractivity (Wildman–Crippen MR) is 97.4 cm³/mol. The van der Waals surface area contributed by atoms with Crippen molar-refractivity contribution in [1.29, 1.82) is 0 Å². The lowest BCUT2D eigenvalue weighted by molar-refractivity contribution is 0.208. The van der Waals surface area contributed by atoms with Crippen LogP contribution in [0, 0.1) is 5.41 Å². The van der Waals surface area contributed by atoms with Gasteiger partial charge in [-0.25, -0.2) is 0 Å². The van der Waals surface area contributed by atoms with E-state index in [4.69, 9.17) is 4.74 Å². The van der Waals surface area contributed by atoms with Crippen molar-refractivity contribution in [3.05, 3.63) is 54.1 Å². The highest BCUT2D eigenvalue weighted by Gasteiger charge is 2.30. The van der Waals surface area contributed by atoms with Crippen LogP contribution in [0.3, 0.4) is 0 Å². The van der Waals surface area contributed by atoms with Crippen LogP contribution in [0.1, 0.15) is 26.3 Å². The van der Waals surface area contributed by atoms with E-state index < -0.39 is 0 Å². The number of rotatable bonds is 4. The van der Waals surface area contributed by atoms with Crippen molar-refractivity contribution in [2.24, 2.45) is 5.41 Å². The number of para-hydroxylation sites is 1. The maximum Gasteiger partial charge on any atom is 0.165 e. The van der Waals surface area contributed by atoms with E-state index in [2.05, 4.69) is 79.9 Å². The smallest absolute Gasteiger partial charge is 0.165 e. The second-order valence-corrected chi connectivity index (χ2v) is 7.22. The molecule has 1 unspecified atom stereocenters. The fourth-order valence-electron chi connectivity index (χ4n) is 2.79. The monoisotopic (exact) mass is 310 g/mol. The Kier molecular flexibility index (Phi) is 4.46. The van der Waals surface area contributed by atoms with Crippen LogP contribution in [0.4, 0.5) is 11.4 Å². The van der Waals surface area contributed by atoms with Gasteiger partial charge >= 0.3 is 0 Å². The van der Waals surface area contributed by atoms with Gasteiger partial charge < -0.3 is 15.4 Å². The Labute approximate surface area is 139 Å². The topological polar surface area (TPSA) is 33.3 Å². The molecule has 2 aromatic carbocycles. The highest BCUT2D eigenvalue weighted by molar-refractivity contribution is 5.72. The van der Waals surface area contributed by atoms with Crippen molar-refractivity contribution in [2.75, 3.05) is 23.8 Å². The summed E-state index contributed by atoms with van der Waals surface area (Å²) >= 11 is 0. The summed E-state index contributed by atoms with van der Waals surface area (Å²) in [6, 6.07) is 17.1. The molecule has 0 saturated heterocycles. The minimum Gasteiger partial charge on any atom is -0.487 e. The minimum absolute atomic E-state index is 0.175. The van der Waals surface area contributed by atoms with Crippen LogP contribution in [-0.2, 0) is 6.42 Å². The molecule has 1 atom stereocenters. The molecule has 0 fully saturated rings. The quantitative estimate of drug-likeness (QED) is 0.868. The van der Waals surface area contributed by atoms with E-state index in [-0.39, 0.29) is 5.41 Å². The van der Waals surface area contributed by atoms with Crippen molar-refractivity contribution in [3.8, 4) is 5.75 Å². The zero-order valence-electron chi connectivity index (χ0n) is 14.2. The van der Waals surface area contributed by atoms with E-state index in [1.54, 1.807) is 0 Å². The van der Waals surface area contributed by atoms with Gasteiger partial charge in [0.1, 0.15) is 6.61 Å². The Hall–Kier alpha value is -2.16. The SMILES string of the molecule is CC(C)(C)C1COc2c(NCCc3ccccc3)cccc2N1. The Bertz CT molecular complexity index is 646. The first-order chi connectivity index (χ1) is 11.0. The van der Waals surface area contributed by atoms with Gasteiger partial charge in [0.2, 0.25) is 0 Å². The van der Waals surface area contributed by atoms with Crippen LogP contribution in [0.2, 0.25) is 0 Å². The standard InChI is InChI=1S/C20H26N2O/c1-20(2,3)18-14-23-19-16(10-7-11-17(19)22-18)21-13-12-15-8-5-4-6-9-15/h4-11,18,21-22H,12-14H2,1-3H3. The maximum atomic E-state index is 6.07. The first kappa shape index (κ1) is 15.7. The molecule has 0 radical (unpaired) electrons. The minimum atomic E-state index is 0.175. The van der Waals surface area contributed by atoms with E-state index in [1.165, 1.54) is 5.56 Å². The number of nitrogens with one attached hydrogen (secondary N) is 2. The molecule has 0 aromatic heterocycles. The lowest BCUT2D eigenvalue weighted by Gasteiger charge is -2.36. The predicted octanol–water partition coefficient (Wildman–Crippen LogP) is 4.56. The van der Waals surface area contributed by atoms with Crippen molar-refractivity contribution in [3.63, 3.8) is 0 Å². The third kappa shape index (κ3) is 3.79. The average molecular weight is 310 g/mol. The Morgan fingerprint density at radius 2 is 1.87 bits per heavy atom. The van der Waals surface area contributed by atoms with Crippen LogP contribution in [0.15, 0.2) is 48.5 Å². The Balaban J connectivity index is 1.66. The molecule has 0 bridgehead atoms. The van der Waals surface area contributed by atoms with Crippen LogP contribution in [0.5, 0.6) is 5.75 Å². The molecule has 122 valence electrons. The van der Waals surface area contributed by atoms with E-state index in [9.17, 15) is 0 Å². The molecule has 0 saturated carbocycles. The molecule has 3 rings (SSSR count). The molecule has 1 heterocycles. The highest BCUT2D eigenvalue weighted by atomic mass is 16.5. The number of ether oxygens (including phenoxy) is 1. The molecule has 3 nitrogen and oxygen atoms in total. The van der Waals surface area contributed by atoms with Crippen molar-refractivity contribution in [2.45, 2.75) is 33.2 Å². The van der Waals surface area contributed by atoms with Gasteiger partial charge in [-0.2, -0.15) is 0 Å². The normalized spacial score (nSPS) is 16.9. The molecule has 3 heteroatoms. The van der Waals surface area contributed by atoms with Gasteiger partial charge in [0.05, 0.1) is 17.4 Å². The fourth-order valence-corrected chi connectivity index (χ4v) is 2.79. The van der Waals surface area contributed by atoms with Gasteiger partial charge in [-0.15, -0.1) is 0 Å². The average Bonchev–Trinajstić information content (AvgIpc) is 2.55. The van der Waals surface area contributed by atoms with Crippen molar-refractivity contribution < 1.29 is 4.74 Å². The number of benzene rings is 2. The molecule has 2 aromatic rings. The second kappa shape index (κ2) is 6.53. The van der Waals surface area contributed by atoms with E-state index in [1.807, 2.05) is 0 Å². The number of fused-ring (bicyclic) bond motifs is 1. The summed E-state index contributed by atoms with van der Waals surface area (Å²) in [6.45, 7) is 8.31. The summed E-state index contributed by atoms with van der Waals surface area (Å²) in [7, 11) is 0. The Morgan fingerprint density at radius 1 is 1.09 bits per heavy atom. The second-order valence-electron chi connectivity index (χ2n) is 7.22. The molecule has 0 aliphatic carbocycles. The van der Waals surface area contributed by atoms with E-state index in [0.29, 0.717) is 12.6 Å². The van der Waals surface area contributed by atoms with Crippen LogP contribution < -0.4 is 15.4 Å². The van der Waals surface area contributed by atoms with E-state index in [0.717, 1.165) is 30.1 Å². The molecular formula is C20H26N2O. The number of hydrogen-bond donors (Lipinski definition) is 2. The fraction of sp³-hybridized carbons (Fsp3) is 0.400. The third-order valence-corrected chi connectivity index (χ3v) is 4.36. The Morgan fingerprint density at radius 3 is 2.61 bits per heavy atom. The van der Waals surface area contributed by atoms with Gasteiger partial charge in [0.15, 0.2) is 5.75 Å². The molecule has 1 aliphatic rings. The first-order valence-corrected chi connectivity index (χ1v) is 8.34. The number of hydrogen-bond acceptors (Lipinski definition) is 3. The van der Waals surface area contributed by atoms with Crippen LogP contribution in [0.25, 0.3) is 0 Å². The zero-order chi connectivity index (χ0) is 16.3. The zero-order valence-corrected chi connectivity index (χ0v) is 14.2. The maximum absolute atomic E-state index is 6.07. The largest absolute Gasteiger partial charge is 0.487 e. The molecule has 0 amide bonds. The van der Waals surface area contributed by atoms with Gasteiger partial charge in [0.25, 0.3) is 0 Å². The van der Waals surface area contributed by atoms with Crippen LogP contribution in [-0.4, -0.2) is 19.2 Å². The van der Waals surface area contributed by atoms with Gasteiger partial charge in [0, 0.05) is 6.54 Å². The molecule has 23 heavy (non-hydrogen) atoms. The molecule has 1 aliphatic heterocycles. The lowest BCUT2D eigenvalue weighted by Crippen LogP contribution is -2.41. The third-order valence-electron chi connectivity index (χ3n) is 4.36. The lowest BCUT2D eigenvalue weighted by atomic mass is 9.86. The summed E-state index contributed by atoms with van der Waals surface area (Å²) in [5.41, 5.74) is 3.67. The summed E-state index contributed by atoms with van der Waals surface area (Å²) in [4.78, 5) is 0. The number of anilines is 2. The highest BCUT2D eigenvalue weighted by Crippen LogP contribution is 2.39. The van der Waals surface area contributed by atoms with Gasteiger partial charge in [-0.3, -0.25) is 0 Å². The summed E-state index contributed by atoms with van der Waals surface area (Å²) in [6.07, 6.45) is 1.00. The van der Waals surface area contributed by atoms with Crippen LogP contribution >= 0.6 is 0 Å². The van der Waals surface area contributed by atoms with Crippen molar-refractivity contribution in [1.82, 2.24) is 0 Å². The summed E-state index contributed by atoms with van der Waals surface area (Å²) < 4.78 is 6.07. The molecule has 2 N–H and O–H groups in total. The molecule has 0 spiro atoms.